The Balaban J connectivity index is 1.90. The Labute approximate surface area is 107 Å². The highest BCUT2D eigenvalue weighted by molar-refractivity contribution is 7.81. The van der Waals surface area contributed by atoms with Crippen LogP contribution in [0.15, 0.2) is 30.3 Å². The molecule has 0 aromatic heterocycles. The molecule has 2 rings (SSSR count). The summed E-state index contributed by atoms with van der Waals surface area (Å²) < 4.78 is 5.23. The molecule has 1 aromatic carbocycles. The quantitative estimate of drug-likeness (QED) is 0.823. The lowest BCUT2D eigenvalue weighted by Gasteiger charge is -2.29. The smallest absolute Gasteiger partial charge is 0.235 e. The van der Waals surface area contributed by atoms with E-state index in [-0.39, 0.29) is 11.2 Å². The van der Waals surface area contributed by atoms with Gasteiger partial charge in [0, 0.05) is 13.1 Å². The van der Waals surface area contributed by atoms with Crippen LogP contribution in [0.2, 0.25) is 0 Å². The fourth-order valence-electron chi connectivity index (χ4n) is 1.92. The predicted octanol–water partition coefficient (Wildman–Crippen LogP) is 1.39. The van der Waals surface area contributed by atoms with E-state index in [1.807, 2.05) is 35.2 Å². The highest BCUT2D eigenvalue weighted by Crippen LogP contribution is 2.11. The van der Waals surface area contributed by atoms with Gasteiger partial charge in [0.25, 0.3) is 0 Å². The van der Waals surface area contributed by atoms with Gasteiger partial charge in [-0.3, -0.25) is 4.79 Å². The molecule has 0 radical (unpaired) electrons. The molecule has 3 nitrogen and oxygen atoms in total. The first-order valence-corrected chi connectivity index (χ1v) is 6.37. The van der Waals surface area contributed by atoms with E-state index in [1.165, 1.54) is 0 Å². The summed E-state index contributed by atoms with van der Waals surface area (Å²) in [5, 5.41) is -0.254. The van der Waals surface area contributed by atoms with Gasteiger partial charge in [-0.05, 0) is 12.0 Å². The lowest BCUT2D eigenvalue weighted by Crippen LogP contribution is -2.44. The summed E-state index contributed by atoms with van der Waals surface area (Å²) >= 11 is 4.41. The van der Waals surface area contributed by atoms with Gasteiger partial charge < -0.3 is 9.64 Å². The van der Waals surface area contributed by atoms with Gasteiger partial charge in [-0.2, -0.15) is 12.6 Å². The zero-order valence-electron chi connectivity index (χ0n) is 9.71. The number of amides is 1. The summed E-state index contributed by atoms with van der Waals surface area (Å²) in [7, 11) is 0. The number of ether oxygens (including phenoxy) is 1. The van der Waals surface area contributed by atoms with E-state index in [4.69, 9.17) is 4.74 Å². The molecule has 1 aliphatic rings. The molecule has 0 spiro atoms. The standard InChI is InChI=1S/C13H17NO2S/c15-13(14-6-8-16-9-7-14)12(17)10-11-4-2-1-3-5-11/h1-5,12,17H,6-10H2. The monoisotopic (exact) mass is 251 g/mol. The van der Waals surface area contributed by atoms with E-state index in [0.717, 1.165) is 5.56 Å². The minimum atomic E-state index is -0.254. The molecule has 1 heterocycles. The lowest BCUT2D eigenvalue weighted by atomic mass is 10.1. The maximum atomic E-state index is 12.1. The number of hydrogen-bond acceptors (Lipinski definition) is 3. The first kappa shape index (κ1) is 12.5. The Morgan fingerprint density at radius 2 is 1.94 bits per heavy atom. The summed E-state index contributed by atoms with van der Waals surface area (Å²) in [6, 6.07) is 9.98. The summed E-state index contributed by atoms with van der Waals surface area (Å²) in [5.74, 6) is 0.112. The first-order valence-electron chi connectivity index (χ1n) is 5.86. The Hall–Kier alpha value is -1.00. The molecule has 1 unspecified atom stereocenters. The molecule has 1 amide bonds. The molecule has 4 heteroatoms. The number of carbonyl (C=O) groups excluding carboxylic acids is 1. The topological polar surface area (TPSA) is 29.5 Å². The lowest BCUT2D eigenvalue weighted by molar-refractivity contribution is -0.134. The Bertz CT molecular complexity index is 363. The Morgan fingerprint density at radius 3 is 2.59 bits per heavy atom. The van der Waals surface area contributed by atoms with Crippen LogP contribution in [-0.2, 0) is 16.0 Å². The molecule has 1 fully saturated rings. The maximum Gasteiger partial charge on any atom is 0.235 e. The van der Waals surface area contributed by atoms with Crippen molar-refractivity contribution < 1.29 is 9.53 Å². The van der Waals surface area contributed by atoms with E-state index in [1.54, 1.807) is 0 Å². The van der Waals surface area contributed by atoms with Crippen molar-refractivity contribution in [2.75, 3.05) is 26.3 Å². The van der Waals surface area contributed by atoms with Gasteiger partial charge in [0.2, 0.25) is 5.91 Å². The molecule has 0 aliphatic carbocycles. The predicted molar refractivity (Wildman–Crippen MR) is 70.3 cm³/mol. The number of morpholine rings is 1. The number of carbonyl (C=O) groups is 1. The SMILES string of the molecule is O=C(C(S)Cc1ccccc1)N1CCOCC1. The minimum absolute atomic E-state index is 0.112. The van der Waals surface area contributed by atoms with Gasteiger partial charge in [-0.15, -0.1) is 0 Å². The van der Waals surface area contributed by atoms with Crippen molar-refractivity contribution in [2.24, 2.45) is 0 Å². The molecule has 0 bridgehead atoms. The van der Waals surface area contributed by atoms with Crippen LogP contribution in [-0.4, -0.2) is 42.4 Å². The summed E-state index contributed by atoms with van der Waals surface area (Å²) in [6.45, 7) is 2.64. The number of thiol groups is 1. The van der Waals surface area contributed by atoms with E-state index < -0.39 is 0 Å². The van der Waals surface area contributed by atoms with Crippen LogP contribution in [0.25, 0.3) is 0 Å². The molecule has 92 valence electrons. The molecule has 0 N–H and O–H groups in total. The van der Waals surface area contributed by atoms with Crippen molar-refractivity contribution in [3.8, 4) is 0 Å². The fraction of sp³-hybridized carbons (Fsp3) is 0.462. The number of benzene rings is 1. The third kappa shape index (κ3) is 3.48. The van der Waals surface area contributed by atoms with Crippen molar-refractivity contribution in [3.63, 3.8) is 0 Å². The first-order chi connectivity index (χ1) is 8.27. The molecule has 1 saturated heterocycles. The average molecular weight is 251 g/mol. The molecule has 0 saturated carbocycles. The normalized spacial score (nSPS) is 17.8. The fourth-order valence-corrected chi connectivity index (χ4v) is 2.29. The van der Waals surface area contributed by atoms with Gasteiger partial charge in [0.1, 0.15) is 0 Å². The summed E-state index contributed by atoms with van der Waals surface area (Å²) in [4.78, 5) is 13.9. The van der Waals surface area contributed by atoms with E-state index in [9.17, 15) is 4.79 Å². The minimum Gasteiger partial charge on any atom is -0.378 e. The van der Waals surface area contributed by atoms with Gasteiger partial charge in [-0.1, -0.05) is 30.3 Å². The number of nitrogens with zero attached hydrogens (tertiary/aromatic N) is 1. The van der Waals surface area contributed by atoms with Crippen LogP contribution in [0.3, 0.4) is 0 Å². The van der Waals surface area contributed by atoms with E-state index in [0.29, 0.717) is 32.7 Å². The van der Waals surface area contributed by atoms with Gasteiger partial charge in [0.05, 0.1) is 18.5 Å². The third-order valence-corrected chi connectivity index (χ3v) is 3.28. The van der Waals surface area contributed by atoms with Crippen molar-refractivity contribution in [3.05, 3.63) is 35.9 Å². The van der Waals surface area contributed by atoms with Crippen molar-refractivity contribution in [2.45, 2.75) is 11.7 Å². The summed E-state index contributed by atoms with van der Waals surface area (Å²) in [5.41, 5.74) is 1.15. The highest BCUT2D eigenvalue weighted by atomic mass is 32.1. The van der Waals surface area contributed by atoms with Crippen LogP contribution in [0.1, 0.15) is 5.56 Å². The highest BCUT2D eigenvalue weighted by Gasteiger charge is 2.22. The van der Waals surface area contributed by atoms with Gasteiger partial charge in [-0.25, -0.2) is 0 Å². The van der Waals surface area contributed by atoms with Crippen LogP contribution >= 0.6 is 12.6 Å². The molecule has 1 aliphatic heterocycles. The Kier molecular flexibility index (Phi) is 4.45. The second-order valence-electron chi connectivity index (χ2n) is 4.14. The van der Waals surface area contributed by atoms with Crippen LogP contribution in [0.4, 0.5) is 0 Å². The zero-order valence-corrected chi connectivity index (χ0v) is 10.6. The zero-order chi connectivity index (χ0) is 12.1. The third-order valence-electron chi connectivity index (χ3n) is 2.88. The van der Waals surface area contributed by atoms with Crippen molar-refractivity contribution in [1.82, 2.24) is 4.90 Å². The maximum absolute atomic E-state index is 12.1. The second kappa shape index (κ2) is 6.07. The number of hydrogen-bond donors (Lipinski definition) is 1. The van der Waals surface area contributed by atoms with Crippen LogP contribution in [0, 0.1) is 0 Å². The number of rotatable bonds is 3. The molecular formula is C13H17NO2S. The van der Waals surface area contributed by atoms with Gasteiger partial charge >= 0.3 is 0 Å². The Morgan fingerprint density at radius 1 is 1.29 bits per heavy atom. The van der Waals surface area contributed by atoms with E-state index in [2.05, 4.69) is 12.6 Å². The largest absolute Gasteiger partial charge is 0.378 e. The van der Waals surface area contributed by atoms with Crippen molar-refractivity contribution in [1.29, 1.82) is 0 Å². The van der Waals surface area contributed by atoms with Crippen molar-refractivity contribution >= 4 is 18.5 Å². The molecule has 1 atom stereocenters. The van der Waals surface area contributed by atoms with E-state index >= 15 is 0 Å². The van der Waals surface area contributed by atoms with Crippen LogP contribution in [0.5, 0.6) is 0 Å². The van der Waals surface area contributed by atoms with Gasteiger partial charge in [0.15, 0.2) is 0 Å². The molecule has 1 aromatic rings. The molecule has 17 heavy (non-hydrogen) atoms. The van der Waals surface area contributed by atoms with Crippen LogP contribution < -0.4 is 0 Å². The second-order valence-corrected chi connectivity index (χ2v) is 4.77. The molecular weight excluding hydrogens is 234 g/mol. The average Bonchev–Trinajstić information content (AvgIpc) is 2.40. The summed E-state index contributed by atoms with van der Waals surface area (Å²) in [6.07, 6.45) is 0.681.